The van der Waals surface area contributed by atoms with Gasteiger partial charge in [0.25, 0.3) is 5.91 Å². The van der Waals surface area contributed by atoms with Crippen LogP contribution < -0.4 is 24.3 Å². The molecule has 12 nitrogen and oxygen atoms in total. The van der Waals surface area contributed by atoms with Gasteiger partial charge in [-0.25, -0.2) is 0 Å². The Balaban J connectivity index is 1.43. The van der Waals surface area contributed by atoms with Gasteiger partial charge in [-0.1, -0.05) is 18.2 Å². The van der Waals surface area contributed by atoms with Crippen LogP contribution in [0.4, 0.5) is 0 Å². The second-order valence-corrected chi connectivity index (χ2v) is 13.0. The molecule has 1 aromatic heterocycles. The highest BCUT2D eigenvalue weighted by Crippen LogP contribution is 2.58. The lowest BCUT2D eigenvalue weighted by atomic mass is 9.71. The maximum atomic E-state index is 13.8. The van der Waals surface area contributed by atoms with E-state index in [1.165, 1.54) is 14.2 Å². The van der Waals surface area contributed by atoms with Crippen LogP contribution in [0.15, 0.2) is 30.5 Å². The van der Waals surface area contributed by atoms with E-state index in [2.05, 4.69) is 26.2 Å². The molecule has 3 aromatic carbocycles. The summed E-state index contributed by atoms with van der Waals surface area (Å²) in [5, 5.41) is 38.6. The predicted octanol–water partition coefficient (Wildman–Crippen LogP) is 4.43. The van der Waals surface area contributed by atoms with Crippen LogP contribution in [0.2, 0.25) is 0 Å². The van der Waals surface area contributed by atoms with Gasteiger partial charge in [-0.2, -0.15) is 5.26 Å². The third-order valence-electron chi connectivity index (χ3n) is 11.0. The smallest absolute Gasteiger partial charge is 0.253 e. The predicted molar refractivity (Wildman–Crippen MR) is 182 cm³/mol. The van der Waals surface area contributed by atoms with Gasteiger partial charge in [-0.15, -0.1) is 0 Å². The zero-order valence-electron chi connectivity index (χ0n) is 28.7. The second kappa shape index (κ2) is 12.1. The zero-order chi connectivity index (χ0) is 34.9. The van der Waals surface area contributed by atoms with Gasteiger partial charge in [-0.3, -0.25) is 14.6 Å². The summed E-state index contributed by atoms with van der Waals surface area (Å²) in [7, 11) is 8.19. The van der Waals surface area contributed by atoms with E-state index in [-0.39, 0.29) is 35.7 Å². The highest BCUT2D eigenvalue weighted by Gasteiger charge is 2.57. The number of hydrogen-bond acceptors (Lipinski definition) is 10. The fraction of sp³-hybridized carbons (Fsp3) is 0.405. The minimum Gasteiger partial charge on any atom is -0.504 e. The first kappa shape index (κ1) is 32.4. The number of aromatic nitrogens is 1. The first-order chi connectivity index (χ1) is 23.6. The number of amides is 1. The van der Waals surface area contributed by atoms with Gasteiger partial charge in [0.1, 0.15) is 17.5 Å². The molecule has 1 fully saturated rings. The molecule has 4 heterocycles. The normalized spacial score (nSPS) is 22.8. The van der Waals surface area contributed by atoms with E-state index < -0.39 is 24.2 Å². The molecule has 4 N–H and O–H groups in total. The molecule has 12 heteroatoms. The molecule has 1 saturated heterocycles. The van der Waals surface area contributed by atoms with E-state index in [1.54, 1.807) is 20.4 Å². The van der Waals surface area contributed by atoms with Crippen LogP contribution in [0.3, 0.4) is 0 Å². The summed E-state index contributed by atoms with van der Waals surface area (Å²) in [4.78, 5) is 21.2. The van der Waals surface area contributed by atoms with Crippen LogP contribution in [0, 0.1) is 25.2 Å². The van der Waals surface area contributed by atoms with Gasteiger partial charge >= 0.3 is 0 Å². The van der Waals surface area contributed by atoms with Crippen molar-refractivity contribution in [3.8, 4) is 40.6 Å². The Morgan fingerprint density at radius 1 is 0.918 bits per heavy atom. The number of aromatic hydroxyl groups is 2. The number of ether oxygens (including phenoxy) is 4. The number of rotatable bonds is 7. The Kier molecular flexibility index (Phi) is 8.00. The molecule has 0 aliphatic carbocycles. The average molecular weight is 668 g/mol. The fourth-order valence-electron chi connectivity index (χ4n) is 8.96. The van der Waals surface area contributed by atoms with Crippen molar-refractivity contribution in [1.82, 2.24) is 20.1 Å². The maximum absolute atomic E-state index is 13.8. The number of nitrogens with zero attached hydrogens (tertiary/aromatic N) is 3. The van der Waals surface area contributed by atoms with Crippen molar-refractivity contribution < 1.29 is 34.0 Å². The van der Waals surface area contributed by atoms with Crippen LogP contribution in [0.25, 0.3) is 10.9 Å². The molecule has 1 amide bonds. The molecule has 0 radical (unpaired) electrons. The summed E-state index contributed by atoms with van der Waals surface area (Å²) in [6.07, 6.45) is 2.49. The zero-order valence-corrected chi connectivity index (χ0v) is 28.7. The Morgan fingerprint density at radius 3 is 2.10 bits per heavy atom. The SMILES string of the molecule is COc1c(C)c(OC)c2c(c1O)[C@@H]1[C@@H]3Cc4c(OC)c(C)c(OC)c(O)c4[C@H](CNC(=O)c4c[nH]c5ccccc45)N3[C@@H](C#N)[C@H](C2)N1C. The largest absolute Gasteiger partial charge is 0.504 e. The molecule has 49 heavy (non-hydrogen) atoms. The standard InChI is InChI=1S/C37H41N5O7/c1-17-33(46-4)20-13-25-30-29-21(34(47-5)18(2)36(49-7)32(29)44)12-24(41(30)3)26(14-38)42(25)27(28(20)31(43)35(17)48-6)16-40-37(45)22-15-39-23-11-9-8-10-19(22)23/h8-11,15,24-27,30,39,43-44H,12-13,16H2,1-7H3,(H,40,45)/t24-,25-,26-,27-,30-/m0/s1. The number of aromatic amines is 1. The number of phenolic OH excluding ortho intramolecular Hbond substituents is 2. The van der Waals surface area contributed by atoms with Gasteiger partial charge in [0.2, 0.25) is 0 Å². The van der Waals surface area contributed by atoms with E-state index in [4.69, 9.17) is 18.9 Å². The van der Waals surface area contributed by atoms with Crippen molar-refractivity contribution in [2.24, 2.45) is 0 Å². The monoisotopic (exact) mass is 667 g/mol. The van der Waals surface area contributed by atoms with Crippen molar-refractivity contribution in [2.45, 2.75) is 56.9 Å². The summed E-state index contributed by atoms with van der Waals surface area (Å²) in [6.45, 7) is 3.76. The highest BCUT2D eigenvalue weighted by molar-refractivity contribution is 6.06. The number of carbonyl (C=O) groups excluding carboxylic acids is 1. The summed E-state index contributed by atoms with van der Waals surface area (Å²) in [6, 6.07) is 7.76. The number of nitrogens with one attached hydrogen (secondary N) is 2. The Hall–Kier alpha value is -5.12. The molecule has 3 aliphatic rings. The quantitative estimate of drug-likeness (QED) is 0.223. The molecule has 0 unspecified atom stereocenters. The number of likely N-dealkylation sites (N-methyl/N-ethyl adjacent to an activating group) is 1. The van der Waals surface area contributed by atoms with E-state index in [0.717, 1.165) is 22.0 Å². The lowest BCUT2D eigenvalue weighted by Crippen LogP contribution is -2.68. The highest BCUT2D eigenvalue weighted by atomic mass is 16.5. The van der Waals surface area contributed by atoms with Crippen LogP contribution in [-0.2, 0) is 12.8 Å². The van der Waals surface area contributed by atoms with Crippen molar-refractivity contribution in [2.75, 3.05) is 42.0 Å². The van der Waals surface area contributed by atoms with E-state index in [9.17, 15) is 20.3 Å². The second-order valence-electron chi connectivity index (χ2n) is 13.0. The average Bonchev–Trinajstić information content (AvgIpc) is 3.53. The third-order valence-corrected chi connectivity index (χ3v) is 11.0. The van der Waals surface area contributed by atoms with Crippen molar-refractivity contribution in [3.63, 3.8) is 0 Å². The maximum Gasteiger partial charge on any atom is 0.253 e. The fourth-order valence-corrected chi connectivity index (χ4v) is 8.96. The number of benzene rings is 3. The summed E-state index contributed by atoms with van der Waals surface area (Å²) in [5.41, 5.74) is 5.50. The minimum atomic E-state index is -0.660. The first-order valence-corrected chi connectivity index (χ1v) is 16.3. The number of fused-ring (bicyclic) bond motifs is 8. The molecule has 3 aliphatic heterocycles. The summed E-state index contributed by atoms with van der Waals surface area (Å²) >= 11 is 0. The van der Waals surface area contributed by atoms with Crippen LogP contribution in [0.1, 0.15) is 55.8 Å². The number of H-pyrrole nitrogens is 1. The Morgan fingerprint density at radius 2 is 1.49 bits per heavy atom. The molecule has 0 saturated carbocycles. The number of carbonyl (C=O) groups is 1. The van der Waals surface area contributed by atoms with Crippen LogP contribution in [0.5, 0.6) is 34.5 Å². The molecule has 0 spiro atoms. The Labute approximate surface area is 284 Å². The molecule has 7 rings (SSSR count). The van der Waals surface area contributed by atoms with E-state index in [1.807, 2.05) is 45.2 Å². The van der Waals surface area contributed by atoms with Crippen LogP contribution in [-0.4, -0.2) is 91.1 Å². The summed E-state index contributed by atoms with van der Waals surface area (Å²) < 4.78 is 23.3. The topological polar surface area (TPSA) is 153 Å². The molecule has 5 atom stereocenters. The van der Waals surface area contributed by atoms with E-state index in [0.29, 0.717) is 57.9 Å². The summed E-state index contributed by atoms with van der Waals surface area (Å²) in [5.74, 6) is 1.51. The van der Waals surface area contributed by atoms with Gasteiger partial charge < -0.3 is 39.5 Å². The van der Waals surface area contributed by atoms with Gasteiger partial charge in [0.15, 0.2) is 23.0 Å². The Bertz CT molecular complexity index is 2030. The minimum absolute atomic E-state index is 0.0390. The lowest BCUT2D eigenvalue weighted by Gasteiger charge is -2.60. The van der Waals surface area contributed by atoms with Gasteiger partial charge in [0.05, 0.1) is 52.2 Å². The molecule has 4 aromatic rings. The lowest BCUT2D eigenvalue weighted by molar-refractivity contribution is -0.0724. The first-order valence-electron chi connectivity index (χ1n) is 16.3. The number of piperazine rings is 1. The molecule has 2 bridgehead atoms. The van der Waals surface area contributed by atoms with Crippen molar-refractivity contribution >= 4 is 16.8 Å². The van der Waals surface area contributed by atoms with E-state index >= 15 is 0 Å². The molecular formula is C37H41N5O7. The number of nitriles is 1. The van der Waals surface area contributed by atoms with Gasteiger partial charge in [0, 0.05) is 69.1 Å². The van der Waals surface area contributed by atoms with Gasteiger partial charge in [-0.05, 0) is 39.8 Å². The molecular weight excluding hydrogens is 626 g/mol. The number of hydrogen-bond donors (Lipinski definition) is 4. The number of para-hydroxylation sites is 1. The molecule has 256 valence electrons. The number of phenols is 2. The van der Waals surface area contributed by atoms with Crippen LogP contribution >= 0.6 is 0 Å². The number of methoxy groups -OCH3 is 4. The van der Waals surface area contributed by atoms with Crippen molar-refractivity contribution in [3.05, 3.63) is 69.4 Å². The third kappa shape index (κ3) is 4.52. The van der Waals surface area contributed by atoms with Crippen molar-refractivity contribution in [1.29, 1.82) is 5.26 Å².